The summed E-state index contributed by atoms with van der Waals surface area (Å²) in [6, 6.07) is 5.08. The lowest BCUT2D eigenvalue weighted by Gasteiger charge is -2.07. The number of benzene rings is 1. The molecule has 0 radical (unpaired) electrons. The van der Waals surface area contributed by atoms with Crippen molar-refractivity contribution < 1.29 is 9.90 Å². The molecule has 0 aliphatic rings. The van der Waals surface area contributed by atoms with Crippen LogP contribution in [-0.4, -0.2) is 20.9 Å². The van der Waals surface area contributed by atoms with Crippen molar-refractivity contribution in [3.05, 3.63) is 51.8 Å². The minimum absolute atomic E-state index is 0.518. The fourth-order valence-electron chi connectivity index (χ4n) is 1.64. The van der Waals surface area contributed by atoms with E-state index in [0.717, 1.165) is 11.8 Å². The number of carboxylic acid groups (broad SMARTS) is 1. The highest BCUT2D eigenvalue weighted by atomic mass is 35.5. The maximum absolute atomic E-state index is 10.5. The highest BCUT2D eigenvalue weighted by Crippen LogP contribution is 2.26. The molecule has 1 aromatic heterocycles. The summed E-state index contributed by atoms with van der Waals surface area (Å²) in [4.78, 5) is 10.5. The second-order valence-electron chi connectivity index (χ2n) is 3.86. The van der Waals surface area contributed by atoms with Crippen LogP contribution in [0.3, 0.4) is 0 Å². The molecule has 0 fully saturated rings. The van der Waals surface area contributed by atoms with Crippen LogP contribution in [0.1, 0.15) is 11.3 Å². The van der Waals surface area contributed by atoms with Gasteiger partial charge in [-0.15, -0.1) is 0 Å². The maximum Gasteiger partial charge on any atom is 0.328 e. The number of hydrogen-bond acceptors (Lipinski definition) is 2. The number of hydrogen-bond donors (Lipinski definition) is 1. The van der Waals surface area contributed by atoms with E-state index in [1.165, 1.54) is 6.08 Å². The van der Waals surface area contributed by atoms with Crippen LogP contribution in [-0.2, 0) is 4.79 Å². The van der Waals surface area contributed by atoms with E-state index < -0.39 is 5.97 Å². The SMILES string of the molecule is Cc1c(/C=C/C(=O)O)cnn1-c1cc(Cl)ccc1Cl. The first kappa shape index (κ1) is 13.6. The lowest BCUT2D eigenvalue weighted by Crippen LogP contribution is -2.00. The molecule has 4 nitrogen and oxygen atoms in total. The molecule has 2 aromatic rings. The van der Waals surface area contributed by atoms with Crippen molar-refractivity contribution in [3.8, 4) is 5.69 Å². The van der Waals surface area contributed by atoms with Crippen LogP contribution in [0.5, 0.6) is 0 Å². The predicted octanol–water partition coefficient (Wildman–Crippen LogP) is 3.59. The largest absolute Gasteiger partial charge is 0.478 e. The molecule has 0 spiro atoms. The van der Waals surface area contributed by atoms with Crippen molar-refractivity contribution in [3.63, 3.8) is 0 Å². The van der Waals surface area contributed by atoms with Gasteiger partial charge in [0, 0.05) is 22.4 Å². The van der Waals surface area contributed by atoms with Gasteiger partial charge >= 0.3 is 5.97 Å². The van der Waals surface area contributed by atoms with Crippen LogP contribution in [0.25, 0.3) is 11.8 Å². The molecule has 0 bridgehead atoms. The lowest BCUT2D eigenvalue weighted by atomic mass is 10.2. The van der Waals surface area contributed by atoms with Crippen molar-refractivity contribution in [2.45, 2.75) is 6.92 Å². The monoisotopic (exact) mass is 296 g/mol. The fraction of sp³-hybridized carbons (Fsp3) is 0.0769. The van der Waals surface area contributed by atoms with E-state index in [-0.39, 0.29) is 0 Å². The quantitative estimate of drug-likeness (QED) is 0.881. The highest BCUT2D eigenvalue weighted by molar-refractivity contribution is 6.34. The van der Waals surface area contributed by atoms with Gasteiger partial charge in [0.25, 0.3) is 0 Å². The Labute approximate surface area is 119 Å². The molecular formula is C13H10Cl2N2O2. The first-order valence-electron chi connectivity index (χ1n) is 5.40. The molecule has 0 amide bonds. The van der Waals surface area contributed by atoms with Crippen LogP contribution in [0.4, 0.5) is 0 Å². The van der Waals surface area contributed by atoms with E-state index in [1.807, 2.05) is 6.92 Å². The Kier molecular flexibility index (Phi) is 3.93. The van der Waals surface area contributed by atoms with Gasteiger partial charge in [0.15, 0.2) is 0 Å². The summed E-state index contributed by atoms with van der Waals surface area (Å²) >= 11 is 12.0. The van der Waals surface area contributed by atoms with E-state index >= 15 is 0 Å². The van der Waals surface area contributed by atoms with E-state index in [4.69, 9.17) is 28.3 Å². The van der Waals surface area contributed by atoms with Gasteiger partial charge in [0.2, 0.25) is 0 Å². The number of nitrogens with zero attached hydrogens (tertiary/aromatic N) is 2. The Balaban J connectivity index is 2.47. The molecule has 0 aliphatic heterocycles. The van der Waals surface area contributed by atoms with Crippen molar-refractivity contribution in [2.24, 2.45) is 0 Å². The molecule has 0 atom stereocenters. The molecular weight excluding hydrogens is 287 g/mol. The van der Waals surface area contributed by atoms with Crippen LogP contribution in [0, 0.1) is 6.92 Å². The van der Waals surface area contributed by atoms with Gasteiger partial charge < -0.3 is 5.11 Å². The van der Waals surface area contributed by atoms with E-state index in [9.17, 15) is 4.79 Å². The summed E-state index contributed by atoms with van der Waals surface area (Å²) in [5, 5.41) is 13.9. The molecule has 6 heteroatoms. The first-order chi connectivity index (χ1) is 8.99. The Morgan fingerprint density at radius 2 is 2.16 bits per heavy atom. The molecule has 98 valence electrons. The average Bonchev–Trinajstić information content (AvgIpc) is 2.71. The summed E-state index contributed by atoms with van der Waals surface area (Å²) < 4.78 is 1.62. The van der Waals surface area contributed by atoms with Gasteiger partial charge in [-0.05, 0) is 31.2 Å². The smallest absolute Gasteiger partial charge is 0.328 e. The number of halogens is 2. The zero-order valence-corrected chi connectivity index (χ0v) is 11.5. The second kappa shape index (κ2) is 5.47. The van der Waals surface area contributed by atoms with Gasteiger partial charge in [0.1, 0.15) is 0 Å². The molecule has 0 aliphatic carbocycles. The number of carboxylic acids is 1. The van der Waals surface area contributed by atoms with Crippen LogP contribution in [0.15, 0.2) is 30.5 Å². The van der Waals surface area contributed by atoms with Crippen molar-refractivity contribution in [1.29, 1.82) is 0 Å². The topological polar surface area (TPSA) is 55.1 Å². The van der Waals surface area contributed by atoms with Crippen molar-refractivity contribution in [2.75, 3.05) is 0 Å². The number of carbonyl (C=O) groups is 1. The molecule has 2 rings (SSSR count). The molecule has 1 N–H and O–H groups in total. The second-order valence-corrected chi connectivity index (χ2v) is 4.71. The standard InChI is InChI=1S/C13H10Cl2N2O2/c1-8-9(2-5-13(18)19)7-16-17(8)12-6-10(14)3-4-11(12)15/h2-7H,1H3,(H,18,19)/b5-2+. The van der Waals surface area contributed by atoms with Gasteiger partial charge in [0.05, 0.1) is 16.9 Å². The number of rotatable bonds is 3. The summed E-state index contributed by atoms with van der Waals surface area (Å²) in [6.45, 7) is 1.83. The number of aliphatic carboxylic acids is 1. The van der Waals surface area contributed by atoms with E-state index in [2.05, 4.69) is 5.10 Å². The summed E-state index contributed by atoms with van der Waals surface area (Å²) in [5.74, 6) is -1.01. The molecule has 19 heavy (non-hydrogen) atoms. The third-order valence-corrected chi connectivity index (χ3v) is 3.14. The molecule has 0 unspecified atom stereocenters. The first-order valence-corrected chi connectivity index (χ1v) is 6.15. The van der Waals surface area contributed by atoms with Gasteiger partial charge in [-0.2, -0.15) is 5.10 Å². The fourth-order valence-corrected chi connectivity index (χ4v) is 2.00. The third kappa shape index (κ3) is 2.97. The molecule has 0 saturated carbocycles. The maximum atomic E-state index is 10.5. The van der Waals surface area contributed by atoms with Crippen LogP contribution in [0.2, 0.25) is 10.0 Å². The van der Waals surface area contributed by atoms with Gasteiger partial charge in [-0.3, -0.25) is 0 Å². The average molecular weight is 297 g/mol. The zero-order chi connectivity index (χ0) is 14.0. The Morgan fingerprint density at radius 1 is 1.42 bits per heavy atom. The van der Waals surface area contributed by atoms with Gasteiger partial charge in [-0.25, -0.2) is 9.48 Å². The lowest BCUT2D eigenvalue weighted by molar-refractivity contribution is -0.131. The van der Waals surface area contributed by atoms with Crippen molar-refractivity contribution >= 4 is 35.2 Å². The van der Waals surface area contributed by atoms with Crippen LogP contribution < -0.4 is 0 Å². The summed E-state index contributed by atoms with van der Waals surface area (Å²) in [5.41, 5.74) is 2.14. The highest BCUT2D eigenvalue weighted by Gasteiger charge is 2.10. The summed E-state index contributed by atoms with van der Waals surface area (Å²) in [6.07, 6.45) is 4.12. The number of aromatic nitrogens is 2. The van der Waals surface area contributed by atoms with Gasteiger partial charge in [-0.1, -0.05) is 23.2 Å². The zero-order valence-electron chi connectivity index (χ0n) is 9.97. The minimum Gasteiger partial charge on any atom is -0.478 e. The third-order valence-electron chi connectivity index (χ3n) is 2.59. The summed E-state index contributed by atoms with van der Waals surface area (Å²) in [7, 11) is 0. The molecule has 0 saturated heterocycles. The Bertz CT molecular complexity index is 663. The Morgan fingerprint density at radius 3 is 2.84 bits per heavy atom. The van der Waals surface area contributed by atoms with Crippen LogP contribution >= 0.6 is 23.2 Å². The minimum atomic E-state index is -1.01. The van der Waals surface area contributed by atoms with E-state index in [0.29, 0.717) is 21.3 Å². The molecule has 1 heterocycles. The van der Waals surface area contributed by atoms with E-state index in [1.54, 1.807) is 29.1 Å². The normalized spacial score (nSPS) is 11.1. The Hall–Kier alpha value is -1.78. The molecule has 1 aromatic carbocycles. The van der Waals surface area contributed by atoms with Crippen molar-refractivity contribution in [1.82, 2.24) is 9.78 Å². The predicted molar refractivity (Wildman–Crippen MR) is 75.0 cm³/mol.